The summed E-state index contributed by atoms with van der Waals surface area (Å²) >= 11 is 0. The Hall–Kier alpha value is -1.66. The Morgan fingerprint density at radius 2 is 2.12 bits per heavy atom. The van der Waals surface area contributed by atoms with Gasteiger partial charge in [0.15, 0.2) is 0 Å². The van der Waals surface area contributed by atoms with Crippen molar-refractivity contribution in [3.63, 3.8) is 0 Å². The molecule has 0 saturated carbocycles. The molecule has 6 heteroatoms. The molecule has 0 aliphatic rings. The van der Waals surface area contributed by atoms with E-state index < -0.39 is 11.5 Å². The third-order valence-corrected chi connectivity index (χ3v) is 2.70. The summed E-state index contributed by atoms with van der Waals surface area (Å²) in [5.41, 5.74) is -0.953. The van der Waals surface area contributed by atoms with E-state index in [4.69, 9.17) is 5.11 Å². The molecule has 0 unspecified atom stereocenters. The molecular formula is C11H16N2O4. The van der Waals surface area contributed by atoms with Crippen LogP contribution in [-0.4, -0.2) is 45.0 Å². The molecule has 6 nitrogen and oxygen atoms in total. The van der Waals surface area contributed by atoms with Crippen LogP contribution in [-0.2, 0) is 0 Å². The summed E-state index contributed by atoms with van der Waals surface area (Å²) in [7, 11) is 0. The molecule has 1 aromatic rings. The molecule has 0 aliphatic carbocycles. The second-order valence-corrected chi connectivity index (χ2v) is 3.78. The predicted octanol–water partition coefficient (Wildman–Crippen LogP) is 0.325. The van der Waals surface area contributed by atoms with E-state index in [1.54, 1.807) is 6.92 Å². The summed E-state index contributed by atoms with van der Waals surface area (Å²) in [5.74, 6) is -0.966. The molecule has 0 saturated heterocycles. The molecule has 0 aromatic carbocycles. The second-order valence-electron chi connectivity index (χ2n) is 3.78. The van der Waals surface area contributed by atoms with Crippen LogP contribution in [0.5, 0.6) is 0 Å². The largest absolute Gasteiger partial charge is 0.478 e. The number of nitrogens with zero attached hydrogens (tertiary/aromatic N) is 1. The summed E-state index contributed by atoms with van der Waals surface area (Å²) in [6.07, 6.45) is 1.89. The number of nitrogens with one attached hydrogen (secondary N) is 1. The van der Waals surface area contributed by atoms with Crippen molar-refractivity contribution < 1.29 is 20.1 Å². The molecule has 0 aliphatic heterocycles. The fraction of sp³-hybridized carbons (Fsp3) is 0.455. The van der Waals surface area contributed by atoms with Crippen LogP contribution < -0.4 is 5.32 Å². The van der Waals surface area contributed by atoms with Crippen LogP contribution in [0.3, 0.4) is 0 Å². The van der Waals surface area contributed by atoms with E-state index in [2.05, 4.69) is 10.3 Å². The minimum Gasteiger partial charge on any atom is -0.478 e. The number of carboxylic acid groups (broad SMARTS) is 1. The molecule has 1 aromatic heterocycles. The SMILES string of the molecule is CCC(CO)(CO)Nc1ncccc1C(=O)O. The van der Waals surface area contributed by atoms with Gasteiger partial charge in [0.05, 0.1) is 18.8 Å². The van der Waals surface area contributed by atoms with Gasteiger partial charge < -0.3 is 20.6 Å². The van der Waals surface area contributed by atoms with Crippen molar-refractivity contribution in [1.29, 1.82) is 0 Å². The molecule has 0 bridgehead atoms. The molecule has 1 rings (SSSR count). The van der Waals surface area contributed by atoms with Gasteiger partial charge in [0.25, 0.3) is 0 Å². The lowest BCUT2D eigenvalue weighted by Gasteiger charge is -2.30. The van der Waals surface area contributed by atoms with Gasteiger partial charge in [-0.15, -0.1) is 0 Å². The Kier molecular flexibility index (Phi) is 4.42. The smallest absolute Gasteiger partial charge is 0.339 e. The van der Waals surface area contributed by atoms with Crippen LogP contribution >= 0.6 is 0 Å². The van der Waals surface area contributed by atoms with Gasteiger partial charge >= 0.3 is 5.97 Å². The first-order chi connectivity index (χ1) is 8.08. The molecule has 1 heterocycles. The number of aromatic carboxylic acids is 1. The van der Waals surface area contributed by atoms with E-state index in [-0.39, 0.29) is 24.6 Å². The second kappa shape index (κ2) is 5.60. The number of aliphatic hydroxyl groups is 2. The number of aliphatic hydroxyl groups excluding tert-OH is 2. The Labute approximate surface area is 98.9 Å². The van der Waals surface area contributed by atoms with Crippen molar-refractivity contribution in [1.82, 2.24) is 4.98 Å². The lowest BCUT2D eigenvalue weighted by molar-refractivity contribution is 0.0696. The average molecular weight is 240 g/mol. The maximum Gasteiger partial charge on any atom is 0.339 e. The van der Waals surface area contributed by atoms with E-state index in [1.807, 2.05) is 0 Å². The van der Waals surface area contributed by atoms with Gasteiger partial charge in [-0.2, -0.15) is 0 Å². The Bertz CT molecular complexity index is 383. The summed E-state index contributed by atoms with van der Waals surface area (Å²) < 4.78 is 0. The quantitative estimate of drug-likeness (QED) is 0.571. The maximum atomic E-state index is 11.0. The molecule has 0 amide bonds. The summed E-state index contributed by atoms with van der Waals surface area (Å²) in [6.45, 7) is 1.16. The highest BCUT2D eigenvalue weighted by Crippen LogP contribution is 2.19. The van der Waals surface area contributed by atoms with Crippen LogP contribution in [0.4, 0.5) is 5.82 Å². The number of rotatable bonds is 6. The molecule has 0 fully saturated rings. The first kappa shape index (κ1) is 13.4. The monoisotopic (exact) mass is 240 g/mol. The lowest BCUT2D eigenvalue weighted by Crippen LogP contribution is -2.45. The van der Waals surface area contributed by atoms with E-state index in [0.717, 1.165) is 0 Å². The Morgan fingerprint density at radius 1 is 1.47 bits per heavy atom. The van der Waals surface area contributed by atoms with E-state index >= 15 is 0 Å². The minimum atomic E-state index is -1.11. The highest BCUT2D eigenvalue weighted by molar-refractivity contribution is 5.93. The van der Waals surface area contributed by atoms with Crippen molar-refractivity contribution in [2.24, 2.45) is 0 Å². The number of aromatic nitrogens is 1. The van der Waals surface area contributed by atoms with Crippen molar-refractivity contribution in [3.05, 3.63) is 23.9 Å². The topological polar surface area (TPSA) is 103 Å². The Morgan fingerprint density at radius 3 is 2.59 bits per heavy atom. The fourth-order valence-corrected chi connectivity index (χ4v) is 1.37. The molecule has 0 radical (unpaired) electrons. The first-order valence-electron chi connectivity index (χ1n) is 5.27. The molecule has 0 spiro atoms. The highest BCUT2D eigenvalue weighted by atomic mass is 16.4. The van der Waals surface area contributed by atoms with Gasteiger partial charge in [-0.05, 0) is 18.6 Å². The Balaban J connectivity index is 3.05. The van der Waals surface area contributed by atoms with Crippen LogP contribution in [0.1, 0.15) is 23.7 Å². The van der Waals surface area contributed by atoms with Gasteiger partial charge in [-0.25, -0.2) is 9.78 Å². The van der Waals surface area contributed by atoms with Crippen LogP contribution in [0, 0.1) is 0 Å². The third-order valence-electron chi connectivity index (χ3n) is 2.70. The fourth-order valence-electron chi connectivity index (χ4n) is 1.37. The maximum absolute atomic E-state index is 11.0. The van der Waals surface area contributed by atoms with Crippen LogP contribution in [0.15, 0.2) is 18.3 Å². The number of hydrogen-bond acceptors (Lipinski definition) is 5. The van der Waals surface area contributed by atoms with Gasteiger partial charge in [0.2, 0.25) is 0 Å². The number of pyridine rings is 1. The predicted molar refractivity (Wildman–Crippen MR) is 62.0 cm³/mol. The van der Waals surface area contributed by atoms with E-state index in [0.29, 0.717) is 6.42 Å². The first-order valence-corrected chi connectivity index (χ1v) is 5.27. The van der Waals surface area contributed by atoms with E-state index in [9.17, 15) is 15.0 Å². The molecule has 0 atom stereocenters. The number of hydrogen-bond donors (Lipinski definition) is 4. The molecular weight excluding hydrogens is 224 g/mol. The molecule has 17 heavy (non-hydrogen) atoms. The van der Waals surface area contributed by atoms with Gasteiger partial charge in [-0.3, -0.25) is 0 Å². The van der Waals surface area contributed by atoms with Gasteiger partial charge in [0.1, 0.15) is 11.4 Å². The van der Waals surface area contributed by atoms with Crippen molar-refractivity contribution in [2.45, 2.75) is 18.9 Å². The van der Waals surface area contributed by atoms with Gasteiger partial charge in [-0.1, -0.05) is 6.92 Å². The standard InChI is InChI=1S/C11H16N2O4/c1-2-11(6-14,7-15)13-9-8(10(16)17)4-3-5-12-9/h3-5,14-15H,2,6-7H2,1H3,(H,12,13)(H,16,17). The average Bonchev–Trinajstić information content (AvgIpc) is 2.36. The van der Waals surface area contributed by atoms with Crippen molar-refractivity contribution in [2.75, 3.05) is 18.5 Å². The van der Waals surface area contributed by atoms with Crippen LogP contribution in [0.2, 0.25) is 0 Å². The summed E-state index contributed by atoms with van der Waals surface area (Å²) in [4.78, 5) is 14.9. The number of anilines is 1. The highest BCUT2D eigenvalue weighted by Gasteiger charge is 2.28. The normalized spacial score (nSPS) is 11.2. The number of carbonyl (C=O) groups is 1. The third kappa shape index (κ3) is 2.92. The lowest BCUT2D eigenvalue weighted by atomic mass is 9.98. The minimum absolute atomic E-state index is 0.00669. The zero-order chi connectivity index (χ0) is 12.9. The van der Waals surface area contributed by atoms with Crippen molar-refractivity contribution >= 4 is 11.8 Å². The molecule has 94 valence electrons. The summed E-state index contributed by atoms with van der Waals surface area (Å²) in [6, 6.07) is 2.92. The van der Waals surface area contributed by atoms with Gasteiger partial charge in [0, 0.05) is 6.20 Å². The zero-order valence-corrected chi connectivity index (χ0v) is 9.55. The van der Waals surface area contributed by atoms with Crippen molar-refractivity contribution in [3.8, 4) is 0 Å². The van der Waals surface area contributed by atoms with E-state index in [1.165, 1.54) is 18.3 Å². The zero-order valence-electron chi connectivity index (χ0n) is 9.55. The van der Waals surface area contributed by atoms with Crippen LogP contribution in [0.25, 0.3) is 0 Å². The molecule has 4 N–H and O–H groups in total. The summed E-state index contributed by atoms with van der Waals surface area (Å²) in [5, 5.41) is 30.3. The number of carboxylic acids is 1.